The topological polar surface area (TPSA) is 89.4 Å². The van der Waals surface area contributed by atoms with Gasteiger partial charge >= 0.3 is 6.01 Å². The Morgan fingerprint density at radius 1 is 1.16 bits per heavy atom. The van der Waals surface area contributed by atoms with Crippen molar-refractivity contribution in [2.75, 3.05) is 20.2 Å². The lowest BCUT2D eigenvalue weighted by Gasteiger charge is -2.28. The van der Waals surface area contributed by atoms with Crippen LogP contribution in [0.4, 0.5) is 0 Å². The van der Waals surface area contributed by atoms with E-state index in [9.17, 15) is 9.59 Å². The molecule has 0 spiro atoms. The third kappa shape index (κ3) is 5.94. The largest absolute Gasteiger partial charge is 0.464 e. The fourth-order valence-corrected chi connectivity index (χ4v) is 3.46. The van der Waals surface area contributed by atoms with Crippen LogP contribution in [-0.4, -0.2) is 57.5 Å². The number of carbonyl (C=O) groups excluding carboxylic acids is 2. The van der Waals surface area contributed by atoms with Crippen molar-refractivity contribution >= 4 is 11.8 Å². The Balaban J connectivity index is 1.71. The van der Waals surface area contributed by atoms with Crippen LogP contribution in [0.2, 0.25) is 0 Å². The average Bonchev–Trinajstić information content (AvgIpc) is 3.24. The smallest absolute Gasteiger partial charge is 0.317 e. The SMILES string of the molecule is CCOc1nccc(C(=O)N(C)[C@H](CCNC(=O)c2cccn2C)Cc2ccccc2)n1. The van der Waals surface area contributed by atoms with Crippen molar-refractivity contribution in [1.29, 1.82) is 0 Å². The van der Waals surface area contributed by atoms with E-state index in [2.05, 4.69) is 15.3 Å². The maximum absolute atomic E-state index is 13.2. The van der Waals surface area contributed by atoms with Crippen LogP contribution in [0.5, 0.6) is 6.01 Å². The maximum atomic E-state index is 13.2. The predicted molar refractivity (Wildman–Crippen MR) is 122 cm³/mol. The summed E-state index contributed by atoms with van der Waals surface area (Å²) in [4.78, 5) is 35.5. The van der Waals surface area contributed by atoms with E-state index in [1.807, 2.05) is 56.6 Å². The van der Waals surface area contributed by atoms with Gasteiger partial charge in [0, 0.05) is 39.1 Å². The Morgan fingerprint density at radius 2 is 1.94 bits per heavy atom. The molecular weight excluding hydrogens is 406 g/mol. The minimum atomic E-state index is -0.219. The van der Waals surface area contributed by atoms with Crippen LogP contribution in [0.1, 0.15) is 39.9 Å². The number of ether oxygens (including phenoxy) is 1. The fraction of sp³-hybridized carbons (Fsp3) is 0.333. The lowest BCUT2D eigenvalue weighted by atomic mass is 10.0. The van der Waals surface area contributed by atoms with Crippen molar-refractivity contribution in [3.8, 4) is 6.01 Å². The minimum Gasteiger partial charge on any atom is -0.464 e. The average molecular weight is 436 g/mol. The van der Waals surface area contributed by atoms with E-state index in [1.54, 1.807) is 28.6 Å². The number of aryl methyl sites for hydroxylation is 1. The first-order valence-electron chi connectivity index (χ1n) is 10.7. The molecule has 1 aromatic carbocycles. The monoisotopic (exact) mass is 435 g/mol. The molecule has 168 valence electrons. The third-order valence-corrected chi connectivity index (χ3v) is 5.25. The Hall–Kier alpha value is -3.68. The summed E-state index contributed by atoms with van der Waals surface area (Å²) in [5.74, 6) is -0.356. The molecule has 3 rings (SSSR count). The van der Waals surface area contributed by atoms with Gasteiger partial charge in [-0.25, -0.2) is 4.98 Å². The van der Waals surface area contributed by atoms with Crippen molar-refractivity contribution in [2.24, 2.45) is 7.05 Å². The number of hydrogen-bond acceptors (Lipinski definition) is 5. The molecule has 8 heteroatoms. The van der Waals surface area contributed by atoms with Crippen molar-refractivity contribution < 1.29 is 14.3 Å². The lowest BCUT2D eigenvalue weighted by Crippen LogP contribution is -2.41. The summed E-state index contributed by atoms with van der Waals surface area (Å²) in [5, 5.41) is 2.96. The van der Waals surface area contributed by atoms with Crippen LogP contribution >= 0.6 is 0 Å². The third-order valence-electron chi connectivity index (χ3n) is 5.25. The second-order valence-corrected chi connectivity index (χ2v) is 7.47. The summed E-state index contributed by atoms with van der Waals surface area (Å²) < 4.78 is 7.10. The fourth-order valence-electron chi connectivity index (χ4n) is 3.46. The van der Waals surface area contributed by atoms with Gasteiger partial charge in [0.2, 0.25) is 0 Å². The number of hydrogen-bond donors (Lipinski definition) is 1. The summed E-state index contributed by atoms with van der Waals surface area (Å²) >= 11 is 0. The zero-order valence-corrected chi connectivity index (χ0v) is 18.7. The van der Waals surface area contributed by atoms with Crippen LogP contribution in [0, 0.1) is 0 Å². The van der Waals surface area contributed by atoms with Gasteiger partial charge in [-0.15, -0.1) is 0 Å². The van der Waals surface area contributed by atoms with Crippen molar-refractivity contribution in [3.63, 3.8) is 0 Å². The van der Waals surface area contributed by atoms with Crippen molar-refractivity contribution in [3.05, 3.63) is 77.9 Å². The highest BCUT2D eigenvalue weighted by Gasteiger charge is 2.23. The Kier molecular flexibility index (Phi) is 7.96. The lowest BCUT2D eigenvalue weighted by molar-refractivity contribution is 0.0715. The van der Waals surface area contributed by atoms with Gasteiger partial charge in [0.05, 0.1) is 6.61 Å². The summed E-state index contributed by atoms with van der Waals surface area (Å²) in [6, 6.07) is 15.2. The van der Waals surface area contributed by atoms with Gasteiger partial charge in [-0.1, -0.05) is 30.3 Å². The van der Waals surface area contributed by atoms with E-state index in [-0.39, 0.29) is 29.6 Å². The highest BCUT2D eigenvalue weighted by atomic mass is 16.5. The number of nitrogens with one attached hydrogen (secondary N) is 1. The number of rotatable bonds is 10. The van der Waals surface area contributed by atoms with E-state index in [0.29, 0.717) is 31.7 Å². The molecule has 0 aliphatic rings. The first-order valence-corrected chi connectivity index (χ1v) is 10.7. The highest BCUT2D eigenvalue weighted by molar-refractivity contribution is 5.93. The zero-order valence-electron chi connectivity index (χ0n) is 18.7. The van der Waals surface area contributed by atoms with Crippen molar-refractivity contribution in [2.45, 2.75) is 25.8 Å². The molecule has 8 nitrogen and oxygen atoms in total. The molecule has 2 aromatic heterocycles. The molecule has 0 bridgehead atoms. The van der Waals surface area contributed by atoms with E-state index in [1.165, 1.54) is 6.20 Å². The number of carbonyl (C=O) groups is 2. The second kappa shape index (κ2) is 11.1. The van der Waals surface area contributed by atoms with Crippen LogP contribution in [0.15, 0.2) is 60.9 Å². The minimum absolute atomic E-state index is 0.135. The quantitative estimate of drug-likeness (QED) is 0.529. The number of amides is 2. The highest BCUT2D eigenvalue weighted by Crippen LogP contribution is 2.15. The molecule has 0 saturated heterocycles. The molecule has 3 aromatic rings. The summed E-state index contributed by atoms with van der Waals surface area (Å²) in [7, 11) is 3.59. The molecule has 0 fully saturated rings. The Labute approximate surface area is 188 Å². The van der Waals surface area contributed by atoms with Crippen LogP contribution < -0.4 is 10.1 Å². The molecule has 0 aliphatic heterocycles. The molecule has 0 radical (unpaired) electrons. The Morgan fingerprint density at radius 3 is 2.62 bits per heavy atom. The molecular formula is C24H29N5O3. The predicted octanol–water partition coefficient (Wildman–Crippen LogP) is 2.72. The Bertz CT molecular complexity index is 1030. The van der Waals surface area contributed by atoms with Crippen LogP contribution in [0.3, 0.4) is 0 Å². The molecule has 1 N–H and O–H groups in total. The standard InChI is InChI=1S/C24H29N5O3/c1-4-32-24-26-15-13-20(27-24)23(31)29(3)19(17-18-9-6-5-7-10-18)12-14-25-22(30)21-11-8-16-28(21)2/h5-11,13,15-16,19H,4,12,14,17H2,1-3H3,(H,25,30)/t19-/m1/s1. The molecule has 1 atom stereocenters. The summed E-state index contributed by atoms with van der Waals surface area (Å²) in [5.41, 5.74) is 1.99. The van der Waals surface area contributed by atoms with Crippen molar-refractivity contribution in [1.82, 2.24) is 24.8 Å². The molecule has 0 unspecified atom stereocenters. The van der Waals surface area contributed by atoms with Crippen LogP contribution in [0.25, 0.3) is 0 Å². The van der Waals surface area contributed by atoms with Gasteiger partial charge < -0.3 is 19.5 Å². The van der Waals surface area contributed by atoms with Gasteiger partial charge in [0.15, 0.2) is 0 Å². The summed E-state index contributed by atoms with van der Waals surface area (Å²) in [6.07, 6.45) is 4.60. The second-order valence-electron chi connectivity index (χ2n) is 7.47. The van der Waals surface area contributed by atoms with Crippen LogP contribution in [-0.2, 0) is 13.5 Å². The van der Waals surface area contributed by atoms with E-state index in [0.717, 1.165) is 5.56 Å². The number of benzene rings is 1. The maximum Gasteiger partial charge on any atom is 0.317 e. The zero-order chi connectivity index (χ0) is 22.9. The first-order chi connectivity index (χ1) is 15.5. The summed E-state index contributed by atoms with van der Waals surface area (Å²) in [6.45, 7) is 2.70. The first kappa shape index (κ1) is 23.0. The molecule has 32 heavy (non-hydrogen) atoms. The van der Waals surface area contributed by atoms with Gasteiger partial charge in [0.25, 0.3) is 11.8 Å². The van der Waals surface area contributed by atoms with Gasteiger partial charge in [-0.3, -0.25) is 9.59 Å². The van der Waals surface area contributed by atoms with Gasteiger partial charge in [-0.2, -0.15) is 4.98 Å². The van der Waals surface area contributed by atoms with E-state index in [4.69, 9.17) is 4.74 Å². The van der Waals surface area contributed by atoms with E-state index >= 15 is 0 Å². The normalized spacial score (nSPS) is 11.6. The van der Waals surface area contributed by atoms with Gasteiger partial charge in [0.1, 0.15) is 11.4 Å². The molecule has 0 aliphatic carbocycles. The van der Waals surface area contributed by atoms with Gasteiger partial charge in [-0.05, 0) is 43.5 Å². The molecule has 2 heterocycles. The van der Waals surface area contributed by atoms with E-state index < -0.39 is 0 Å². The molecule has 0 saturated carbocycles. The molecule has 2 amide bonds. The number of likely N-dealkylation sites (N-methyl/N-ethyl adjacent to an activating group) is 1. The number of aromatic nitrogens is 3. The number of nitrogens with zero attached hydrogens (tertiary/aromatic N) is 4.